The number of aromatic nitrogens is 3. The predicted molar refractivity (Wildman–Crippen MR) is 110 cm³/mol. The first-order valence-electron chi connectivity index (χ1n) is 10.2. The molecule has 1 aliphatic carbocycles. The van der Waals surface area contributed by atoms with Gasteiger partial charge in [0.1, 0.15) is 5.82 Å². The monoisotopic (exact) mass is 395 g/mol. The second kappa shape index (κ2) is 9.58. The van der Waals surface area contributed by atoms with Crippen LogP contribution in [0.4, 0.5) is 0 Å². The van der Waals surface area contributed by atoms with Crippen molar-refractivity contribution in [2.24, 2.45) is 11.8 Å². The van der Waals surface area contributed by atoms with Gasteiger partial charge in [-0.15, -0.1) is 0 Å². The van der Waals surface area contributed by atoms with Gasteiger partial charge in [-0.25, -0.2) is 9.97 Å². The fourth-order valence-corrected chi connectivity index (χ4v) is 4.08. The molecule has 1 saturated carbocycles. The van der Waals surface area contributed by atoms with Gasteiger partial charge >= 0.3 is 0 Å². The van der Waals surface area contributed by atoms with Crippen molar-refractivity contribution in [3.63, 3.8) is 0 Å². The highest BCUT2D eigenvalue weighted by atomic mass is 16.2. The average molecular weight is 396 g/mol. The summed E-state index contributed by atoms with van der Waals surface area (Å²) in [4.78, 5) is 37.0. The van der Waals surface area contributed by atoms with E-state index in [9.17, 15) is 9.59 Å². The number of carbonyl (C=O) groups excluding carboxylic acids is 2. The zero-order chi connectivity index (χ0) is 20.8. The molecule has 0 bridgehead atoms. The number of hydrogen-bond donors (Lipinski definition) is 2. The van der Waals surface area contributed by atoms with Crippen molar-refractivity contribution >= 4 is 11.8 Å². The number of amides is 2. The first-order valence-corrected chi connectivity index (χ1v) is 10.2. The minimum Gasteiger partial charge on any atom is -0.352 e. The van der Waals surface area contributed by atoms with Gasteiger partial charge in [-0.05, 0) is 63.5 Å². The number of nitrogens with zero attached hydrogens (tertiary/aromatic N) is 3. The predicted octanol–water partition coefficient (Wildman–Crippen LogP) is 2.90. The van der Waals surface area contributed by atoms with Crippen LogP contribution in [-0.2, 0) is 4.79 Å². The second-order valence-electron chi connectivity index (χ2n) is 7.84. The maximum absolute atomic E-state index is 12.5. The molecule has 7 nitrogen and oxygen atoms in total. The maximum Gasteiger partial charge on any atom is 0.254 e. The summed E-state index contributed by atoms with van der Waals surface area (Å²) in [6, 6.07) is 5.75. The lowest BCUT2D eigenvalue weighted by molar-refractivity contribution is -0.120. The molecule has 0 unspecified atom stereocenters. The van der Waals surface area contributed by atoms with E-state index in [1.165, 1.54) is 0 Å². The molecule has 7 heteroatoms. The zero-order valence-corrected chi connectivity index (χ0v) is 17.3. The fraction of sp³-hybridized carbons (Fsp3) is 0.500. The Hall–Kier alpha value is -2.83. The molecule has 1 aliphatic rings. The molecule has 2 aromatic rings. The summed E-state index contributed by atoms with van der Waals surface area (Å²) >= 11 is 0. The minimum atomic E-state index is -0.116. The van der Waals surface area contributed by atoms with Gasteiger partial charge in [-0.3, -0.25) is 14.6 Å². The van der Waals surface area contributed by atoms with Crippen LogP contribution in [0.5, 0.6) is 0 Å². The van der Waals surface area contributed by atoms with E-state index in [1.807, 2.05) is 32.0 Å². The van der Waals surface area contributed by atoms with Gasteiger partial charge in [0, 0.05) is 25.9 Å². The number of aryl methyl sites for hydroxylation is 2. The molecule has 0 spiro atoms. The van der Waals surface area contributed by atoms with E-state index in [0.717, 1.165) is 31.4 Å². The lowest BCUT2D eigenvalue weighted by atomic mass is 9.77. The second-order valence-corrected chi connectivity index (χ2v) is 7.84. The zero-order valence-electron chi connectivity index (χ0n) is 17.3. The van der Waals surface area contributed by atoms with Crippen LogP contribution in [0.1, 0.15) is 66.2 Å². The third-order valence-corrected chi connectivity index (χ3v) is 5.62. The number of rotatable bonds is 6. The summed E-state index contributed by atoms with van der Waals surface area (Å²) in [5, 5.41) is 6.11. The lowest BCUT2D eigenvalue weighted by Crippen LogP contribution is -2.36. The summed E-state index contributed by atoms with van der Waals surface area (Å²) in [5.41, 5.74) is 2.15. The van der Waals surface area contributed by atoms with Crippen LogP contribution in [0, 0.1) is 25.7 Å². The van der Waals surface area contributed by atoms with Gasteiger partial charge in [-0.2, -0.15) is 0 Å². The highest BCUT2D eigenvalue weighted by Crippen LogP contribution is 2.36. The molecular formula is C22H29N5O2. The van der Waals surface area contributed by atoms with Crippen molar-refractivity contribution in [2.75, 3.05) is 6.54 Å². The number of hydrogen-bond acceptors (Lipinski definition) is 5. The average Bonchev–Trinajstić information content (AvgIpc) is 2.71. The SMILES string of the molecule is CC(=O)N[C@@H](c1ccccn1)C1CCC(CNC(=O)c2cnc(C)nc2C)CC1. The molecule has 1 atom stereocenters. The van der Waals surface area contributed by atoms with E-state index < -0.39 is 0 Å². The van der Waals surface area contributed by atoms with Gasteiger partial charge in [-0.1, -0.05) is 6.07 Å². The summed E-state index contributed by atoms with van der Waals surface area (Å²) in [6.45, 7) is 5.84. The molecule has 2 N–H and O–H groups in total. The fourth-order valence-electron chi connectivity index (χ4n) is 4.08. The Morgan fingerprint density at radius 1 is 1.14 bits per heavy atom. The number of pyridine rings is 1. The molecule has 2 heterocycles. The van der Waals surface area contributed by atoms with Crippen LogP contribution < -0.4 is 10.6 Å². The third-order valence-electron chi connectivity index (χ3n) is 5.62. The molecular weight excluding hydrogens is 366 g/mol. The molecule has 3 rings (SSSR count). The minimum absolute atomic E-state index is 0.0364. The van der Waals surface area contributed by atoms with Crippen molar-refractivity contribution in [1.29, 1.82) is 0 Å². The van der Waals surface area contributed by atoms with Crippen molar-refractivity contribution in [3.05, 3.63) is 53.4 Å². The van der Waals surface area contributed by atoms with Crippen LogP contribution >= 0.6 is 0 Å². The topological polar surface area (TPSA) is 96.9 Å². The molecule has 29 heavy (non-hydrogen) atoms. The Balaban J connectivity index is 1.54. The summed E-state index contributed by atoms with van der Waals surface area (Å²) in [7, 11) is 0. The lowest BCUT2D eigenvalue weighted by Gasteiger charge is -2.34. The molecule has 0 aliphatic heterocycles. The normalized spacial score (nSPS) is 20.0. The molecule has 0 aromatic carbocycles. The smallest absolute Gasteiger partial charge is 0.254 e. The Morgan fingerprint density at radius 3 is 2.52 bits per heavy atom. The van der Waals surface area contributed by atoms with Crippen molar-refractivity contribution in [2.45, 2.75) is 52.5 Å². The van der Waals surface area contributed by atoms with Gasteiger partial charge in [0.15, 0.2) is 0 Å². The summed E-state index contributed by atoms with van der Waals surface area (Å²) in [6.07, 6.45) is 7.37. The van der Waals surface area contributed by atoms with Crippen LogP contribution in [-0.4, -0.2) is 33.3 Å². The quantitative estimate of drug-likeness (QED) is 0.784. The van der Waals surface area contributed by atoms with E-state index in [2.05, 4.69) is 25.6 Å². The van der Waals surface area contributed by atoms with Crippen LogP contribution in [0.3, 0.4) is 0 Å². The number of carbonyl (C=O) groups is 2. The standard InChI is InChI=1S/C22H29N5O2/c1-14-19(13-24-15(2)26-14)22(29)25-12-17-7-9-18(10-8-17)21(27-16(3)28)20-6-4-5-11-23-20/h4-6,11,13,17-18,21H,7-10,12H2,1-3H3,(H,25,29)(H,27,28)/t17?,18?,21-/m1/s1. The molecule has 0 radical (unpaired) electrons. The maximum atomic E-state index is 12.5. The molecule has 154 valence electrons. The van der Waals surface area contributed by atoms with Crippen LogP contribution in [0.2, 0.25) is 0 Å². The Kier molecular flexibility index (Phi) is 6.90. The first kappa shape index (κ1) is 20.9. The highest BCUT2D eigenvalue weighted by Gasteiger charge is 2.30. The largest absolute Gasteiger partial charge is 0.352 e. The molecule has 2 aromatic heterocycles. The van der Waals surface area contributed by atoms with Crippen LogP contribution in [0.15, 0.2) is 30.6 Å². The summed E-state index contributed by atoms with van der Waals surface area (Å²) < 4.78 is 0. The molecule has 2 amide bonds. The van der Waals surface area contributed by atoms with E-state index in [0.29, 0.717) is 35.5 Å². The molecule has 1 fully saturated rings. The van der Waals surface area contributed by atoms with Crippen molar-refractivity contribution < 1.29 is 9.59 Å². The third kappa shape index (κ3) is 5.59. The van der Waals surface area contributed by atoms with Gasteiger partial charge in [0.25, 0.3) is 5.91 Å². The Labute approximate surface area is 171 Å². The van der Waals surface area contributed by atoms with E-state index in [4.69, 9.17) is 0 Å². The van der Waals surface area contributed by atoms with Gasteiger partial charge in [0.2, 0.25) is 5.91 Å². The van der Waals surface area contributed by atoms with Gasteiger partial charge < -0.3 is 10.6 Å². The summed E-state index contributed by atoms with van der Waals surface area (Å²) in [5.74, 6) is 1.30. The first-order chi connectivity index (χ1) is 13.9. The van der Waals surface area contributed by atoms with E-state index >= 15 is 0 Å². The highest BCUT2D eigenvalue weighted by molar-refractivity contribution is 5.94. The van der Waals surface area contributed by atoms with E-state index in [-0.39, 0.29) is 17.9 Å². The van der Waals surface area contributed by atoms with Crippen molar-refractivity contribution in [3.8, 4) is 0 Å². The van der Waals surface area contributed by atoms with Crippen molar-refractivity contribution in [1.82, 2.24) is 25.6 Å². The Morgan fingerprint density at radius 2 is 1.90 bits per heavy atom. The number of nitrogens with one attached hydrogen (secondary N) is 2. The van der Waals surface area contributed by atoms with Crippen LogP contribution in [0.25, 0.3) is 0 Å². The van der Waals surface area contributed by atoms with Gasteiger partial charge in [0.05, 0.1) is 23.0 Å². The molecule has 0 saturated heterocycles. The Bertz CT molecular complexity index is 848. The van der Waals surface area contributed by atoms with E-state index in [1.54, 1.807) is 19.3 Å².